The summed E-state index contributed by atoms with van der Waals surface area (Å²) in [5.41, 5.74) is 1.35. The van der Waals surface area contributed by atoms with E-state index >= 15 is 0 Å². The molecule has 2 aliphatic rings. The number of carbonyl (C=O) groups excluding carboxylic acids is 2. The predicted molar refractivity (Wildman–Crippen MR) is 81.1 cm³/mol. The molecule has 3 rings (SSSR count). The Balaban J connectivity index is 1.67. The molecule has 1 heterocycles. The van der Waals surface area contributed by atoms with E-state index in [1.807, 2.05) is 17.0 Å². The van der Waals surface area contributed by atoms with Crippen LogP contribution in [0.5, 0.6) is 0 Å². The first kappa shape index (κ1) is 14.1. The molecule has 0 spiro atoms. The summed E-state index contributed by atoms with van der Waals surface area (Å²) in [6, 6.07) is 7.23. The van der Waals surface area contributed by atoms with Gasteiger partial charge in [0, 0.05) is 43.3 Å². The van der Waals surface area contributed by atoms with Crippen LogP contribution in [0.3, 0.4) is 0 Å². The van der Waals surface area contributed by atoms with Crippen molar-refractivity contribution in [3.8, 4) is 0 Å². The molecule has 2 fully saturated rings. The number of nitrogens with one attached hydrogen (secondary N) is 2. The van der Waals surface area contributed by atoms with Crippen LogP contribution < -0.4 is 10.6 Å². The first-order valence-corrected chi connectivity index (χ1v) is 7.56. The van der Waals surface area contributed by atoms with E-state index in [-0.39, 0.29) is 17.7 Å². The molecule has 0 aromatic heterocycles. The summed E-state index contributed by atoms with van der Waals surface area (Å²) in [5.74, 6) is 0.717. The fraction of sp³-hybridized carbons (Fsp3) is 0.500. The van der Waals surface area contributed by atoms with Crippen LogP contribution >= 0.6 is 0 Å². The van der Waals surface area contributed by atoms with Gasteiger partial charge in [0.25, 0.3) is 5.91 Å². The van der Waals surface area contributed by atoms with Gasteiger partial charge < -0.3 is 15.5 Å². The van der Waals surface area contributed by atoms with E-state index in [1.165, 1.54) is 0 Å². The molecule has 1 aliphatic carbocycles. The zero-order valence-electron chi connectivity index (χ0n) is 12.3. The Morgan fingerprint density at radius 2 is 2.00 bits per heavy atom. The van der Waals surface area contributed by atoms with Crippen molar-refractivity contribution in [1.82, 2.24) is 10.2 Å². The van der Waals surface area contributed by atoms with E-state index in [2.05, 4.69) is 17.6 Å². The molecule has 0 radical (unpaired) electrons. The third kappa shape index (κ3) is 3.24. The van der Waals surface area contributed by atoms with Crippen molar-refractivity contribution in [1.29, 1.82) is 0 Å². The highest BCUT2D eigenvalue weighted by Gasteiger charge is 2.39. The van der Waals surface area contributed by atoms with E-state index < -0.39 is 0 Å². The Bertz CT molecular complexity index is 552. The molecular weight excluding hydrogens is 266 g/mol. The molecular formula is C16H21N3O2. The van der Waals surface area contributed by atoms with Crippen LogP contribution in [0, 0.1) is 11.8 Å². The molecule has 2 atom stereocenters. The van der Waals surface area contributed by atoms with E-state index in [0.717, 1.165) is 32.6 Å². The maximum Gasteiger partial charge on any atom is 0.254 e. The van der Waals surface area contributed by atoms with Gasteiger partial charge in [0.15, 0.2) is 0 Å². The van der Waals surface area contributed by atoms with Gasteiger partial charge in [-0.15, -0.1) is 0 Å². The minimum absolute atomic E-state index is 0.0346. The second-order valence-electron chi connectivity index (χ2n) is 5.93. The summed E-state index contributed by atoms with van der Waals surface area (Å²) in [6.07, 6.45) is 0.964. The van der Waals surface area contributed by atoms with Crippen molar-refractivity contribution in [2.24, 2.45) is 11.8 Å². The van der Waals surface area contributed by atoms with Crippen LogP contribution in [0.15, 0.2) is 24.3 Å². The first-order valence-electron chi connectivity index (χ1n) is 7.56. The quantitative estimate of drug-likeness (QED) is 0.881. The van der Waals surface area contributed by atoms with Gasteiger partial charge in [-0.05, 0) is 30.5 Å². The van der Waals surface area contributed by atoms with E-state index in [1.54, 1.807) is 12.1 Å². The number of rotatable bonds is 3. The van der Waals surface area contributed by atoms with E-state index in [4.69, 9.17) is 0 Å². The molecule has 5 heteroatoms. The molecule has 2 amide bonds. The van der Waals surface area contributed by atoms with Gasteiger partial charge in [0.2, 0.25) is 5.91 Å². The Labute approximate surface area is 124 Å². The van der Waals surface area contributed by atoms with Gasteiger partial charge in [-0.25, -0.2) is 0 Å². The van der Waals surface area contributed by atoms with Gasteiger partial charge in [-0.1, -0.05) is 13.0 Å². The van der Waals surface area contributed by atoms with Gasteiger partial charge in [-0.2, -0.15) is 0 Å². The van der Waals surface area contributed by atoms with Crippen molar-refractivity contribution < 1.29 is 9.59 Å². The van der Waals surface area contributed by atoms with E-state index in [9.17, 15) is 9.59 Å². The van der Waals surface area contributed by atoms with Crippen LogP contribution in [0.1, 0.15) is 23.7 Å². The van der Waals surface area contributed by atoms with Gasteiger partial charge in [-0.3, -0.25) is 9.59 Å². The smallest absolute Gasteiger partial charge is 0.254 e. The molecule has 112 valence electrons. The monoisotopic (exact) mass is 287 g/mol. The molecule has 2 N–H and O–H groups in total. The van der Waals surface area contributed by atoms with Crippen LogP contribution in [0.2, 0.25) is 0 Å². The fourth-order valence-electron chi connectivity index (χ4n) is 2.70. The van der Waals surface area contributed by atoms with Crippen molar-refractivity contribution in [3.05, 3.63) is 29.8 Å². The minimum Gasteiger partial charge on any atom is -0.336 e. The summed E-state index contributed by atoms with van der Waals surface area (Å²) in [5, 5.41) is 6.14. The lowest BCUT2D eigenvalue weighted by molar-refractivity contribution is -0.117. The number of piperazine rings is 1. The van der Waals surface area contributed by atoms with Crippen LogP contribution in [0.25, 0.3) is 0 Å². The zero-order valence-corrected chi connectivity index (χ0v) is 12.3. The molecule has 1 aliphatic heterocycles. The SMILES string of the molecule is CC1CC1C(=O)Nc1cccc(C(=O)N2CCNCC2)c1. The van der Waals surface area contributed by atoms with Crippen molar-refractivity contribution in [2.45, 2.75) is 13.3 Å². The Kier molecular flexibility index (Phi) is 3.92. The van der Waals surface area contributed by atoms with Crippen molar-refractivity contribution in [2.75, 3.05) is 31.5 Å². The molecule has 1 aromatic carbocycles. The topological polar surface area (TPSA) is 61.4 Å². The summed E-state index contributed by atoms with van der Waals surface area (Å²) >= 11 is 0. The van der Waals surface area contributed by atoms with Crippen molar-refractivity contribution in [3.63, 3.8) is 0 Å². The average molecular weight is 287 g/mol. The number of hydrogen-bond acceptors (Lipinski definition) is 3. The number of hydrogen-bond donors (Lipinski definition) is 2. The predicted octanol–water partition coefficient (Wildman–Crippen LogP) is 1.33. The number of benzene rings is 1. The summed E-state index contributed by atoms with van der Waals surface area (Å²) in [6.45, 7) is 5.21. The summed E-state index contributed by atoms with van der Waals surface area (Å²) in [4.78, 5) is 26.2. The highest BCUT2D eigenvalue weighted by atomic mass is 16.2. The van der Waals surface area contributed by atoms with Crippen molar-refractivity contribution >= 4 is 17.5 Å². The normalized spacial score (nSPS) is 24.5. The van der Waals surface area contributed by atoms with Crippen LogP contribution in [-0.4, -0.2) is 42.9 Å². The first-order chi connectivity index (χ1) is 10.1. The van der Waals surface area contributed by atoms with Gasteiger partial charge in [0.1, 0.15) is 0 Å². The summed E-state index contributed by atoms with van der Waals surface area (Å²) in [7, 11) is 0. The minimum atomic E-state index is 0.0346. The molecule has 5 nitrogen and oxygen atoms in total. The maximum atomic E-state index is 12.4. The lowest BCUT2D eigenvalue weighted by Gasteiger charge is -2.27. The summed E-state index contributed by atoms with van der Waals surface area (Å²) < 4.78 is 0. The van der Waals surface area contributed by atoms with Crippen LogP contribution in [0.4, 0.5) is 5.69 Å². The second kappa shape index (κ2) is 5.85. The molecule has 1 aromatic rings. The molecule has 2 unspecified atom stereocenters. The number of carbonyl (C=O) groups is 2. The van der Waals surface area contributed by atoms with Crippen LogP contribution in [-0.2, 0) is 4.79 Å². The Hall–Kier alpha value is -1.88. The number of amides is 2. The lowest BCUT2D eigenvalue weighted by Crippen LogP contribution is -2.46. The molecule has 21 heavy (non-hydrogen) atoms. The average Bonchev–Trinajstić information content (AvgIpc) is 3.25. The molecule has 0 bridgehead atoms. The molecule has 1 saturated carbocycles. The number of nitrogens with zero attached hydrogens (tertiary/aromatic N) is 1. The highest BCUT2D eigenvalue weighted by Crippen LogP contribution is 2.38. The standard InChI is InChI=1S/C16H21N3O2/c1-11-9-14(11)15(20)18-13-4-2-3-12(10-13)16(21)19-7-5-17-6-8-19/h2-4,10-11,14,17H,5-9H2,1H3,(H,18,20). The maximum absolute atomic E-state index is 12.4. The Morgan fingerprint density at radius 3 is 2.67 bits per heavy atom. The third-order valence-corrected chi connectivity index (χ3v) is 4.23. The molecule has 1 saturated heterocycles. The lowest BCUT2D eigenvalue weighted by atomic mass is 10.1. The third-order valence-electron chi connectivity index (χ3n) is 4.23. The van der Waals surface area contributed by atoms with E-state index in [0.29, 0.717) is 17.2 Å². The zero-order chi connectivity index (χ0) is 14.8. The highest BCUT2D eigenvalue weighted by molar-refractivity contribution is 5.98. The largest absolute Gasteiger partial charge is 0.336 e. The van der Waals surface area contributed by atoms with Gasteiger partial charge >= 0.3 is 0 Å². The Morgan fingerprint density at radius 1 is 1.29 bits per heavy atom. The fourth-order valence-corrected chi connectivity index (χ4v) is 2.70. The van der Waals surface area contributed by atoms with Gasteiger partial charge in [0.05, 0.1) is 0 Å². The second-order valence-corrected chi connectivity index (χ2v) is 5.93. The number of anilines is 1.